The fraction of sp³-hybridized carbons (Fsp3) is 0.562. The van der Waals surface area contributed by atoms with Crippen LogP contribution in [0.1, 0.15) is 44.1 Å². The summed E-state index contributed by atoms with van der Waals surface area (Å²) in [6.07, 6.45) is 8.09. The topological polar surface area (TPSA) is 47.9 Å². The molecule has 3 nitrogen and oxygen atoms in total. The molecule has 0 unspecified atom stereocenters. The molecule has 0 heterocycles. The maximum absolute atomic E-state index is 8.80. The van der Waals surface area contributed by atoms with Crippen molar-refractivity contribution in [1.82, 2.24) is 5.32 Å². The number of halogens is 1. The summed E-state index contributed by atoms with van der Waals surface area (Å²) < 4.78 is 0. The Morgan fingerprint density at radius 3 is 2.55 bits per heavy atom. The van der Waals surface area contributed by atoms with E-state index in [4.69, 9.17) is 16.9 Å². The highest BCUT2D eigenvalue weighted by Crippen LogP contribution is 2.22. The maximum Gasteiger partial charge on any atom is 0.0992 e. The Morgan fingerprint density at radius 1 is 1.15 bits per heavy atom. The SMILES string of the molecule is N#Cc1ccc(NCCNC2CCCCCC2)c(Cl)c1. The summed E-state index contributed by atoms with van der Waals surface area (Å²) in [4.78, 5) is 0. The molecule has 0 saturated heterocycles. The van der Waals surface area contributed by atoms with E-state index in [2.05, 4.69) is 16.7 Å². The van der Waals surface area contributed by atoms with Crippen molar-refractivity contribution in [2.75, 3.05) is 18.4 Å². The summed E-state index contributed by atoms with van der Waals surface area (Å²) in [6.45, 7) is 1.79. The van der Waals surface area contributed by atoms with Crippen LogP contribution >= 0.6 is 11.6 Å². The van der Waals surface area contributed by atoms with Gasteiger partial charge in [0.25, 0.3) is 0 Å². The minimum Gasteiger partial charge on any atom is -0.383 e. The van der Waals surface area contributed by atoms with Gasteiger partial charge in [0.05, 0.1) is 22.3 Å². The van der Waals surface area contributed by atoms with Crippen molar-refractivity contribution in [1.29, 1.82) is 5.26 Å². The molecule has 0 spiro atoms. The van der Waals surface area contributed by atoms with Crippen LogP contribution in [0.15, 0.2) is 18.2 Å². The van der Waals surface area contributed by atoms with Crippen LogP contribution < -0.4 is 10.6 Å². The minimum atomic E-state index is 0.595. The van der Waals surface area contributed by atoms with Gasteiger partial charge in [0, 0.05) is 19.1 Å². The second-order valence-electron chi connectivity index (χ2n) is 5.38. The molecule has 0 atom stereocenters. The lowest BCUT2D eigenvalue weighted by atomic mass is 10.1. The van der Waals surface area contributed by atoms with E-state index in [9.17, 15) is 0 Å². The number of rotatable bonds is 5. The van der Waals surface area contributed by atoms with E-state index in [0.717, 1.165) is 18.8 Å². The van der Waals surface area contributed by atoms with Gasteiger partial charge in [-0.1, -0.05) is 37.3 Å². The molecule has 1 saturated carbocycles. The maximum atomic E-state index is 8.80. The van der Waals surface area contributed by atoms with E-state index in [1.807, 2.05) is 6.07 Å². The van der Waals surface area contributed by atoms with Gasteiger partial charge in [-0.25, -0.2) is 0 Å². The second kappa shape index (κ2) is 8.14. The molecule has 0 radical (unpaired) electrons. The normalized spacial score (nSPS) is 16.4. The molecule has 1 aliphatic carbocycles. The summed E-state index contributed by atoms with van der Waals surface area (Å²) in [5.74, 6) is 0. The number of nitriles is 1. The molecule has 4 heteroatoms. The van der Waals surface area contributed by atoms with Gasteiger partial charge < -0.3 is 10.6 Å². The predicted molar refractivity (Wildman–Crippen MR) is 84.1 cm³/mol. The van der Waals surface area contributed by atoms with E-state index >= 15 is 0 Å². The first-order valence-electron chi connectivity index (χ1n) is 7.46. The van der Waals surface area contributed by atoms with E-state index < -0.39 is 0 Å². The molecule has 1 aromatic carbocycles. The first kappa shape index (κ1) is 15.2. The first-order chi connectivity index (χ1) is 9.79. The molecule has 0 aromatic heterocycles. The molecule has 2 rings (SSSR count). The molecule has 0 bridgehead atoms. The molecule has 0 aliphatic heterocycles. The average molecular weight is 292 g/mol. The van der Waals surface area contributed by atoms with E-state index in [1.165, 1.54) is 38.5 Å². The quantitative estimate of drug-likeness (QED) is 0.638. The number of hydrogen-bond donors (Lipinski definition) is 2. The van der Waals surface area contributed by atoms with Gasteiger partial charge in [-0.15, -0.1) is 0 Å². The van der Waals surface area contributed by atoms with Gasteiger partial charge in [0.1, 0.15) is 0 Å². The van der Waals surface area contributed by atoms with Gasteiger partial charge in [-0.05, 0) is 31.0 Å². The number of benzene rings is 1. The van der Waals surface area contributed by atoms with Crippen LogP contribution in [0.25, 0.3) is 0 Å². The number of hydrogen-bond acceptors (Lipinski definition) is 3. The molecule has 1 aromatic rings. The molecule has 2 N–H and O–H groups in total. The molecule has 108 valence electrons. The van der Waals surface area contributed by atoms with Crippen molar-refractivity contribution in [3.8, 4) is 6.07 Å². The Bertz CT molecular complexity index is 459. The molecular weight excluding hydrogens is 270 g/mol. The van der Waals surface area contributed by atoms with Crippen molar-refractivity contribution >= 4 is 17.3 Å². The Morgan fingerprint density at radius 2 is 1.90 bits per heavy atom. The smallest absolute Gasteiger partial charge is 0.0992 e. The Hall–Kier alpha value is -1.24. The first-order valence-corrected chi connectivity index (χ1v) is 7.84. The summed E-state index contributed by atoms with van der Waals surface area (Å²) >= 11 is 6.12. The Labute approximate surface area is 126 Å². The number of anilines is 1. The zero-order valence-electron chi connectivity index (χ0n) is 11.8. The monoisotopic (exact) mass is 291 g/mol. The summed E-state index contributed by atoms with van der Waals surface area (Å²) in [6, 6.07) is 8.11. The van der Waals surface area contributed by atoms with Crippen LogP contribution in [-0.2, 0) is 0 Å². The van der Waals surface area contributed by atoms with Crippen molar-refractivity contribution in [3.05, 3.63) is 28.8 Å². The van der Waals surface area contributed by atoms with E-state index in [-0.39, 0.29) is 0 Å². The van der Waals surface area contributed by atoms with Gasteiger partial charge in [-0.3, -0.25) is 0 Å². The summed E-state index contributed by atoms with van der Waals surface area (Å²) in [5.41, 5.74) is 1.49. The zero-order chi connectivity index (χ0) is 14.2. The largest absolute Gasteiger partial charge is 0.383 e. The van der Waals surface area contributed by atoms with Gasteiger partial charge in [0.15, 0.2) is 0 Å². The fourth-order valence-corrected chi connectivity index (χ4v) is 2.93. The molecular formula is C16H22ClN3. The highest BCUT2D eigenvalue weighted by atomic mass is 35.5. The van der Waals surface area contributed by atoms with Crippen molar-refractivity contribution < 1.29 is 0 Å². The van der Waals surface area contributed by atoms with Crippen LogP contribution in [0.4, 0.5) is 5.69 Å². The number of nitrogens with zero attached hydrogens (tertiary/aromatic N) is 1. The Kier molecular flexibility index (Phi) is 6.17. The van der Waals surface area contributed by atoms with Crippen LogP contribution in [-0.4, -0.2) is 19.1 Å². The lowest BCUT2D eigenvalue weighted by Crippen LogP contribution is -2.32. The summed E-state index contributed by atoms with van der Waals surface area (Å²) in [5, 5.41) is 16.3. The standard InChI is InChI=1S/C16H22ClN3/c17-15-11-13(12-18)7-8-16(15)20-10-9-19-14-5-3-1-2-4-6-14/h7-8,11,14,19-20H,1-6,9-10H2. The van der Waals surface area contributed by atoms with Crippen LogP contribution in [0.3, 0.4) is 0 Å². The van der Waals surface area contributed by atoms with Gasteiger partial charge in [0.2, 0.25) is 0 Å². The highest BCUT2D eigenvalue weighted by molar-refractivity contribution is 6.33. The lowest BCUT2D eigenvalue weighted by molar-refractivity contribution is 0.468. The third-order valence-electron chi connectivity index (χ3n) is 3.83. The zero-order valence-corrected chi connectivity index (χ0v) is 12.5. The molecule has 1 aliphatic rings. The van der Waals surface area contributed by atoms with E-state index in [0.29, 0.717) is 16.6 Å². The van der Waals surface area contributed by atoms with Crippen molar-refractivity contribution in [2.45, 2.75) is 44.6 Å². The second-order valence-corrected chi connectivity index (χ2v) is 5.78. The predicted octanol–water partition coefficient (Wildman–Crippen LogP) is 3.94. The highest BCUT2D eigenvalue weighted by Gasteiger charge is 2.10. The number of nitrogens with one attached hydrogen (secondary N) is 2. The minimum absolute atomic E-state index is 0.595. The third kappa shape index (κ3) is 4.70. The van der Waals surface area contributed by atoms with Crippen molar-refractivity contribution in [3.63, 3.8) is 0 Å². The molecule has 1 fully saturated rings. The van der Waals surface area contributed by atoms with Gasteiger partial charge in [-0.2, -0.15) is 5.26 Å². The van der Waals surface area contributed by atoms with Crippen LogP contribution in [0.5, 0.6) is 0 Å². The average Bonchev–Trinajstić information content (AvgIpc) is 2.73. The molecule has 0 amide bonds. The Balaban J connectivity index is 1.71. The van der Waals surface area contributed by atoms with E-state index in [1.54, 1.807) is 12.1 Å². The van der Waals surface area contributed by atoms with Crippen LogP contribution in [0.2, 0.25) is 5.02 Å². The lowest BCUT2D eigenvalue weighted by Gasteiger charge is -2.17. The summed E-state index contributed by atoms with van der Waals surface area (Å²) in [7, 11) is 0. The van der Waals surface area contributed by atoms with Gasteiger partial charge >= 0.3 is 0 Å². The van der Waals surface area contributed by atoms with Crippen LogP contribution in [0, 0.1) is 11.3 Å². The molecule has 20 heavy (non-hydrogen) atoms. The van der Waals surface area contributed by atoms with Crippen molar-refractivity contribution in [2.24, 2.45) is 0 Å². The fourth-order valence-electron chi connectivity index (χ4n) is 2.68. The third-order valence-corrected chi connectivity index (χ3v) is 4.14.